The zero-order chi connectivity index (χ0) is 19.7. The second-order valence-corrected chi connectivity index (χ2v) is 7.32. The van der Waals surface area contributed by atoms with E-state index in [1.165, 1.54) is 6.08 Å². The number of benzene rings is 2. The van der Waals surface area contributed by atoms with Crippen molar-refractivity contribution in [2.45, 2.75) is 6.92 Å². The van der Waals surface area contributed by atoms with E-state index in [0.29, 0.717) is 16.8 Å². The van der Waals surface area contributed by atoms with E-state index in [2.05, 4.69) is 20.9 Å². The number of aryl methyl sites for hydroxylation is 1. The lowest BCUT2D eigenvalue weighted by atomic mass is 9.94. The van der Waals surface area contributed by atoms with Gasteiger partial charge in [-0.05, 0) is 55.0 Å². The number of fused-ring (bicyclic) bond motifs is 1. The molecule has 1 N–H and O–H groups in total. The van der Waals surface area contributed by atoms with Crippen LogP contribution < -0.4 is 5.56 Å². The summed E-state index contributed by atoms with van der Waals surface area (Å²) in [6, 6.07) is 18.6. The number of allylic oxidation sites excluding steroid dienone is 1. The van der Waals surface area contributed by atoms with Crippen LogP contribution in [0.5, 0.6) is 0 Å². The second-order valence-electron chi connectivity index (χ2n) is 6.41. The van der Waals surface area contributed by atoms with Crippen LogP contribution in [0.25, 0.3) is 28.1 Å². The molecule has 0 bridgehead atoms. The highest BCUT2D eigenvalue weighted by Crippen LogP contribution is 2.31. The molecule has 5 heteroatoms. The third-order valence-corrected chi connectivity index (χ3v) is 4.94. The van der Waals surface area contributed by atoms with Crippen molar-refractivity contribution in [2.24, 2.45) is 0 Å². The maximum Gasteiger partial charge on any atom is 0.260 e. The number of H-pyrrole nitrogens is 1. The number of ketones is 1. The molecule has 0 saturated heterocycles. The number of hydrogen-bond acceptors (Lipinski definition) is 3. The number of furan rings is 1. The fraction of sp³-hybridized carbons (Fsp3) is 0.0435. The molecule has 0 spiro atoms. The van der Waals surface area contributed by atoms with Crippen LogP contribution in [0.15, 0.2) is 80.4 Å². The van der Waals surface area contributed by atoms with Crippen LogP contribution in [0.2, 0.25) is 0 Å². The Hall–Kier alpha value is -3.18. The van der Waals surface area contributed by atoms with Gasteiger partial charge in [0, 0.05) is 20.9 Å². The van der Waals surface area contributed by atoms with Crippen LogP contribution in [-0.4, -0.2) is 10.8 Å². The number of carbonyl (C=O) groups is 1. The van der Waals surface area contributed by atoms with Crippen LogP contribution in [0, 0.1) is 6.92 Å². The standard InChI is InChI=1S/C23H16BrNO3/c1-14-7-9-17(28-14)10-12-20(26)22-21(15-5-3-2-4-6-15)18-13-16(24)8-11-19(18)25-23(22)27/h2-13H,1H3,(H,25,27)/b12-10+. The Bertz CT molecular complexity index is 1270. The lowest BCUT2D eigenvalue weighted by Crippen LogP contribution is -2.18. The SMILES string of the molecule is Cc1ccc(/C=C/C(=O)c2c(-c3ccccc3)c3cc(Br)ccc3[nH]c2=O)o1. The topological polar surface area (TPSA) is 63.1 Å². The predicted octanol–water partition coefficient (Wildman–Crippen LogP) is 5.76. The Morgan fingerprint density at radius 3 is 2.57 bits per heavy atom. The van der Waals surface area contributed by atoms with E-state index < -0.39 is 5.56 Å². The van der Waals surface area contributed by atoms with Crippen LogP contribution in [0.1, 0.15) is 21.9 Å². The molecular formula is C23H16BrNO3. The molecule has 28 heavy (non-hydrogen) atoms. The highest BCUT2D eigenvalue weighted by molar-refractivity contribution is 9.10. The number of halogens is 1. The molecule has 2 aromatic carbocycles. The first kappa shape index (κ1) is 18.2. The van der Waals surface area contributed by atoms with Gasteiger partial charge in [0.2, 0.25) is 0 Å². The number of aromatic amines is 1. The molecule has 2 heterocycles. The quantitative estimate of drug-likeness (QED) is 0.328. The third-order valence-electron chi connectivity index (χ3n) is 4.45. The molecule has 0 saturated carbocycles. The van der Waals surface area contributed by atoms with Gasteiger partial charge in [-0.1, -0.05) is 46.3 Å². The summed E-state index contributed by atoms with van der Waals surface area (Å²) in [5.74, 6) is 0.939. The van der Waals surface area contributed by atoms with Gasteiger partial charge in [-0.25, -0.2) is 0 Å². The van der Waals surface area contributed by atoms with E-state index >= 15 is 0 Å². The van der Waals surface area contributed by atoms with Gasteiger partial charge in [0.1, 0.15) is 11.5 Å². The van der Waals surface area contributed by atoms with Crippen LogP contribution in [0.3, 0.4) is 0 Å². The van der Waals surface area contributed by atoms with Crippen molar-refractivity contribution >= 4 is 38.7 Å². The Balaban J connectivity index is 1.94. The van der Waals surface area contributed by atoms with Gasteiger partial charge in [-0.2, -0.15) is 0 Å². The lowest BCUT2D eigenvalue weighted by molar-refractivity contribution is 0.104. The van der Waals surface area contributed by atoms with Crippen LogP contribution in [0.4, 0.5) is 0 Å². The van der Waals surface area contributed by atoms with Crippen molar-refractivity contribution in [3.63, 3.8) is 0 Å². The fourth-order valence-corrected chi connectivity index (χ4v) is 3.55. The maximum absolute atomic E-state index is 13.0. The highest BCUT2D eigenvalue weighted by Gasteiger charge is 2.19. The summed E-state index contributed by atoms with van der Waals surface area (Å²) >= 11 is 3.48. The van der Waals surface area contributed by atoms with Gasteiger partial charge in [0.15, 0.2) is 5.78 Å². The number of carbonyl (C=O) groups excluding carboxylic acids is 1. The van der Waals surface area contributed by atoms with E-state index in [4.69, 9.17) is 4.42 Å². The Morgan fingerprint density at radius 1 is 1.07 bits per heavy atom. The van der Waals surface area contributed by atoms with Gasteiger partial charge in [-0.15, -0.1) is 0 Å². The molecule has 4 nitrogen and oxygen atoms in total. The van der Waals surface area contributed by atoms with Crippen molar-refractivity contribution in [1.29, 1.82) is 0 Å². The third kappa shape index (κ3) is 3.49. The summed E-state index contributed by atoms with van der Waals surface area (Å²) in [5.41, 5.74) is 1.79. The van der Waals surface area contributed by atoms with Gasteiger partial charge in [0.25, 0.3) is 5.56 Å². The summed E-state index contributed by atoms with van der Waals surface area (Å²) in [6.07, 6.45) is 2.95. The molecule has 0 aliphatic carbocycles. The number of hydrogen-bond donors (Lipinski definition) is 1. The summed E-state index contributed by atoms with van der Waals surface area (Å²) in [4.78, 5) is 28.7. The molecule has 0 unspecified atom stereocenters. The maximum atomic E-state index is 13.0. The minimum absolute atomic E-state index is 0.108. The van der Waals surface area contributed by atoms with E-state index in [9.17, 15) is 9.59 Å². The lowest BCUT2D eigenvalue weighted by Gasteiger charge is -2.11. The zero-order valence-electron chi connectivity index (χ0n) is 15.0. The average molecular weight is 434 g/mol. The molecule has 2 aromatic heterocycles. The highest BCUT2D eigenvalue weighted by atomic mass is 79.9. The number of rotatable bonds is 4. The van der Waals surface area contributed by atoms with Gasteiger partial charge < -0.3 is 9.40 Å². The summed E-state index contributed by atoms with van der Waals surface area (Å²) < 4.78 is 6.33. The monoisotopic (exact) mass is 433 g/mol. The first-order valence-electron chi connectivity index (χ1n) is 8.73. The van der Waals surface area contributed by atoms with Crippen molar-refractivity contribution in [2.75, 3.05) is 0 Å². The molecule has 0 aliphatic rings. The summed E-state index contributed by atoms with van der Waals surface area (Å²) in [5, 5.41) is 0.797. The van der Waals surface area contributed by atoms with Gasteiger partial charge >= 0.3 is 0 Å². The Morgan fingerprint density at radius 2 is 1.86 bits per heavy atom. The molecule has 4 aromatic rings. The molecule has 0 atom stereocenters. The van der Waals surface area contributed by atoms with E-state index in [0.717, 1.165) is 21.2 Å². The normalized spacial score (nSPS) is 11.4. The Labute approximate surface area is 169 Å². The minimum atomic E-state index is -0.418. The molecule has 0 radical (unpaired) electrons. The molecule has 0 aliphatic heterocycles. The predicted molar refractivity (Wildman–Crippen MR) is 115 cm³/mol. The first-order valence-corrected chi connectivity index (χ1v) is 9.52. The van der Waals surface area contributed by atoms with Gasteiger partial charge in [0.05, 0.1) is 5.56 Å². The largest absolute Gasteiger partial charge is 0.462 e. The van der Waals surface area contributed by atoms with E-state index in [1.54, 1.807) is 12.1 Å². The molecule has 4 rings (SSSR count). The van der Waals surface area contributed by atoms with E-state index in [1.807, 2.05) is 61.5 Å². The summed E-state index contributed by atoms with van der Waals surface area (Å²) in [6.45, 7) is 1.83. The number of aromatic nitrogens is 1. The minimum Gasteiger partial charge on any atom is -0.462 e. The first-order chi connectivity index (χ1) is 13.5. The van der Waals surface area contributed by atoms with E-state index in [-0.39, 0.29) is 11.3 Å². The average Bonchev–Trinajstić information content (AvgIpc) is 3.11. The van der Waals surface area contributed by atoms with Crippen LogP contribution in [-0.2, 0) is 0 Å². The molecule has 0 amide bonds. The van der Waals surface area contributed by atoms with Crippen molar-refractivity contribution in [1.82, 2.24) is 4.98 Å². The number of nitrogens with one attached hydrogen (secondary N) is 1. The van der Waals surface area contributed by atoms with Crippen molar-refractivity contribution in [3.05, 3.63) is 98.7 Å². The fourth-order valence-electron chi connectivity index (χ4n) is 3.19. The molecule has 138 valence electrons. The zero-order valence-corrected chi connectivity index (χ0v) is 16.6. The molecular weight excluding hydrogens is 418 g/mol. The molecule has 0 fully saturated rings. The summed E-state index contributed by atoms with van der Waals surface area (Å²) in [7, 11) is 0. The van der Waals surface area contributed by atoms with Gasteiger partial charge in [-0.3, -0.25) is 9.59 Å². The smallest absolute Gasteiger partial charge is 0.260 e. The Kier molecular flexibility index (Phi) is 4.84. The van der Waals surface area contributed by atoms with Crippen LogP contribution >= 0.6 is 15.9 Å². The second kappa shape index (κ2) is 7.44. The number of pyridine rings is 1. The van der Waals surface area contributed by atoms with Crippen molar-refractivity contribution < 1.29 is 9.21 Å². The van der Waals surface area contributed by atoms with Crippen molar-refractivity contribution in [3.8, 4) is 11.1 Å².